The molecule has 1 amide bonds. The van der Waals surface area contributed by atoms with Gasteiger partial charge in [0, 0.05) is 32.2 Å². The number of nitriles is 1. The third-order valence-electron chi connectivity index (χ3n) is 2.81. The Balaban J connectivity index is 2.63. The molecule has 0 spiro atoms. The number of aliphatic hydroxyl groups is 1. The Hall–Kier alpha value is -1.93. The molecule has 1 aromatic rings. The SMILES string of the molecule is CN(Cc1cc(C#N)ccc1F)C(=O)CCCCO. The maximum absolute atomic E-state index is 13.6. The number of amides is 1. The zero-order chi connectivity index (χ0) is 14.3. The van der Waals surface area contributed by atoms with Crippen molar-refractivity contribution in [2.75, 3.05) is 13.7 Å². The fourth-order valence-corrected chi connectivity index (χ4v) is 1.69. The van der Waals surface area contributed by atoms with Crippen molar-refractivity contribution in [3.8, 4) is 6.07 Å². The summed E-state index contributed by atoms with van der Waals surface area (Å²) in [5.41, 5.74) is 0.703. The molecular formula is C14H17FN2O2. The number of hydrogen-bond donors (Lipinski definition) is 1. The number of carbonyl (C=O) groups excluding carboxylic acids is 1. The van der Waals surface area contributed by atoms with Gasteiger partial charge in [0.15, 0.2) is 0 Å². The van der Waals surface area contributed by atoms with Gasteiger partial charge in [-0.05, 0) is 31.0 Å². The minimum Gasteiger partial charge on any atom is -0.396 e. The van der Waals surface area contributed by atoms with E-state index in [0.717, 1.165) is 0 Å². The number of carbonyl (C=O) groups is 1. The van der Waals surface area contributed by atoms with Gasteiger partial charge < -0.3 is 10.0 Å². The van der Waals surface area contributed by atoms with Crippen molar-refractivity contribution >= 4 is 5.91 Å². The number of rotatable bonds is 6. The van der Waals surface area contributed by atoms with Crippen molar-refractivity contribution in [3.05, 3.63) is 35.1 Å². The summed E-state index contributed by atoms with van der Waals surface area (Å²) in [6.07, 6.45) is 1.52. The van der Waals surface area contributed by atoms with Crippen molar-refractivity contribution < 1.29 is 14.3 Å². The average Bonchev–Trinajstić information content (AvgIpc) is 2.41. The van der Waals surface area contributed by atoms with Crippen LogP contribution in [0.15, 0.2) is 18.2 Å². The molecule has 1 aromatic carbocycles. The third-order valence-corrected chi connectivity index (χ3v) is 2.81. The second-order valence-corrected chi connectivity index (χ2v) is 4.35. The Bertz CT molecular complexity index is 483. The molecule has 1 rings (SSSR count). The lowest BCUT2D eigenvalue weighted by atomic mass is 10.1. The van der Waals surface area contributed by atoms with Crippen LogP contribution in [0.3, 0.4) is 0 Å². The maximum atomic E-state index is 13.6. The highest BCUT2D eigenvalue weighted by Crippen LogP contribution is 2.13. The second kappa shape index (κ2) is 7.49. The summed E-state index contributed by atoms with van der Waals surface area (Å²) in [4.78, 5) is 13.2. The lowest BCUT2D eigenvalue weighted by Gasteiger charge is -2.17. The molecule has 0 saturated heterocycles. The highest BCUT2D eigenvalue weighted by molar-refractivity contribution is 5.75. The van der Waals surface area contributed by atoms with E-state index in [4.69, 9.17) is 10.4 Å². The first-order valence-corrected chi connectivity index (χ1v) is 6.12. The Morgan fingerprint density at radius 3 is 2.84 bits per heavy atom. The molecule has 102 valence electrons. The molecule has 0 radical (unpaired) electrons. The molecule has 0 aliphatic heterocycles. The van der Waals surface area contributed by atoms with E-state index in [1.165, 1.54) is 23.1 Å². The normalized spacial score (nSPS) is 10.0. The Morgan fingerprint density at radius 1 is 1.47 bits per heavy atom. The van der Waals surface area contributed by atoms with E-state index in [9.17, 15) is 9.18 Å². The minimum absolute atomic E-state index is 0.0653. The van der Waals surface area contributed by atoms with E-state index < -0.39 is 5.82 Å². The van der Waals surface area contributed by atoms with E-state index >= 15 is 0 Å². The van der Waals surface area contributed by atoms with Crippen molar-refractivity contribution in [1.82, 2.24) is 4.90 Å². The first-order valence-electron chi connectivity index (χ1n) is 6.12. The average molecular weight is 264 g/mol. The number of nitrogens with zero attached hydrogens (tertiary/aromatic N) is 2. The summed E-state index contributed by atoms with van der Waals surface area (Å²) >= 11 is 0. The van der Waals surface area contributed by atoms with Crippen LogP contribution in [0.4, 0.5) is 4.39 Å². The summed E-state index contributed by atoms with van der Waals surface area (Å²) in [5.74, 6) is -0.524. The molecule has 0 fully saturated rings. The van der Waals surface area contributed by atoms with E-state index in [0.29, 0.717) is 30.4 Å². The number of aliphatic hydroxyl groups excluding tert-OH is 1. The third kappa shape index (κ3) is 4.68. The highest BCUT2D eigenvalue weighted by atomic mass is 19.1. The molecule has 0 aromatic heterocycles. The quantitative estimate of drug-likeness (QED) is 0.797. The van der Waals surface area contributed by atoms with Gasteiger partial charge in [-0.2, -0.15) is 5.26 Å². The van der Waals surface area contributed by atoms with E-state index in [1.54, 1.807) is 7.05 Å². The first-order chi connectivity index (χ1) is 9.08. The molecule has 19 heavy (non-hydrogen) atoms. The summed E-state index contributed by atoms with van der Waals surface area (Å²) in [5, 5.41) is 17.4. The van der Waals surface area contributed by atoms with Crippen LogP contribution in [-0.2, 0) is 11.3 Å². The minimum atomic E-state index is -0.422. The molecule has 0 atom stereocenters. The van der Waals surface area contributed by atoms with Crippen LogP contribution >= 0.6 is 0 Å². The van der Waals surface area contributed by atoms with Crippen LogP contribution in [0, 0.1) is 17.1 Å². The summed E-state index contributed by atoms with van der Waals surface area (Å²) in [6.45, 7) is 0.204. The van der Waals surface area contributed by atoms with Gasteiger partial charge in [0.05, 0.1) is 11.6 Å². The fraction of sp³-hybridized carbons (Fsp3) is 0.429. The predicted molar refractivity (Wildman–Crippen MR) is 68.5 cm³/mol. The monoisotopic (exact) mass is 264 g/mol. The van der Waals surface area contributed by atoms with Crippen LogP contribution in [0.5, 0.6) is 0 Å². The lowest BCUT2D eigenvalue weighted by Crippen LogP contribution is -2.26. The van der Waals surface area contributed by atoms with Crippen molar-refractivity contribution in [1.29, 1.82) is 5.26 Å². The topological polar surface area (TPSA) is 64.3 Å². The van der Waals surface area contributed by atoms with Crippen LogP contribution in [-0.4, -0.2) is 29.6 Å². The van der Waals surface area contributed by atoms with Gasteiger partial charge in [-0.1, -0.05) is 0 Å². The lowest BCUT2D eigenvalue weighted by molar-refractivity contribution is -0.130. The molecule has 0 bridgehead atoms. The fourth-order valence-electron chi connectivity index (χ4n) is 1.69. The van der Waals surface area contributed by atoms with E-state index in [-0.39, 0.29) is 19.1 Å². The molecule has 0 saturated carbocycles. The largest absolute Gasteiger partial charge is 0.396 e. The number of benzene rings is 1. The summed E-state index contributed by atoms with van der Waals surface area (Å²) < 4.78 is 13.6. The standard InChI is InChI=1S/C14H17FN2O2/c1-17(14(19)4-2-3-7-18)10-12-8-11(9-16)5-6-13(12)15/h5-6,8,18H,2-4,7,10H2,1H3. The number of hydrogen-bond acceptors (Lipinski definition) is 3. The summed E-state index contributed by atoms with van der Waals surface area (Å²) in [7, 11) is 1.60. The van der Waals surface area contributed by atoms with Crippen LogP contribution in [0.2, 0.25) is 0 Å². The highest BCUT2D eigenvalue weighted by Gasteiger charge is 2.12. The van der Waals surface area contributed by atoms with Crippen LogP contribution in [0.25, 0.3) is 0 Å². The van der Waals surface area contributed by atoms with Gasteiger partial charge in [0.1, 0.15) is 5.82 Å². The first kappa shape index (κ1) is 15.1. The molecule has 0 heterocycles. The van der Waals surface area contributed by atoms with Crippen LogP contribution in [0.1, 0.15) is 30.4 Å². The van der Waals surface area contributed by atoms with E-state index in [2.05, 4.69) is 0 Å². The van der Waals surface area contributed by atoms with Crippen molar-refractivity contribution in [2.24, 2.45) is 0 Å². The molecule has 4 nitrogen and oxygen atoms in total. The molecule has 1 N–H and O–H groups in total. The predicted octanol–water partition coefficient (Wildman–Crippen LogP) is 1.82. The molecule has 0 aliphatic carbocycles. The van der Waals surface area contributed by atoms with E-state index in [1.807, 2.05) is 6.07 Å². The zero-order valence-corrected chi connectivity index (χ0v) is 10.9. The zero-order valence-electron chi connectivity index (χ0n) is 10.9. The van der Waals surface area contributed by atoms with Gasteiger partial charge in [0.25, 0.3) is 0 Å². The maximum Gasteiger partial charge on any atom is 0.222 e. The molecule has 0 aliphatic rings. The van der Waals surface area contributed by atoms with Gasteiger partial charge in [-0.25, -0.2) is 4.39 Å². The van der Waals surface area contributed by atoms with Gasteiger partial charge >= 0.3 is 0 Å². The van der Waals surface area contributed by atoms with Gasteiger partial charge in [-0.15, -0.1) is 0 Å². The molecule has 0 unspecified atom stereocenters. The Kier molecular flexibility index (Phi) is 5.97. The molecular weight excluding hydrogens is 247 g/mol. The second-order valence-electron chi connectivity index (χ2n) is 4.35. The van der Waals surface area contributed by atoms with Crippen molar-refractivity contribution in [3.63, 3.8) is 0 Å². The van der Waals surface area contributed by atoms with Gasteiger partial charge in [-0.3, -0.25) is 4.79 Å². The Morgan fingerprint density at radius 2 is 2.21 bits per heavy atom. The van der Waals surface area contributed by atoms with Gasteiger partial charge in [0.2, 0.25) is 5.91 Å². The Labute approximate surface area is 112 Å². The van der Waals surface area contributed by atoms with Crippen molar-refractivity contribution in [2.45, 2.75) is 25.8 Å². The number of halogens is 1. The summed E-state index contributed by atoms with van der Waals surface area (Å²) in [6, 6.07) is 6.03. The van der Waals surface area contributed by atoms with Crippen LogP contribution < -0.4 is 0 Å². The molecule has 5 heteroatoms. The number of unbranched alkanes of at least 4 members (excludes halogenated alkanes) is 1. The smallest absolute Gasteiger partial charge is 0.222 e.